The van der Waals surface area contributed by atoms with Gasteiger partial charge in [0.25, 0.3) is 0 Å². The van der Waals surface area contributed by atoms with E-state index in [0.29, 0.717) is 23.0 Å². The summed E-state index contributed by atoms with van der Waals surface area (Å²) in [6.07, 6.45) is 8.50. The molecule has 49 heavy (non-hydrogen) atoms. The van der Waals surface area contributed by atoms with E-state index >= 15 is 0 Å². The number of nitrogens with zero attached hydrogens (tertiary/aromatic N) is 4. The van der Waals surface area contributed by atoms with Gasteiger partial charge in [-0.1, -0.05) is 127 Å². The predicted molar refractivity (Wildman–Crippen MR) is 200 cm³/mol. The van der Waals surface area contributed by atoms with E-state index in [1.54, 1.807) is 0 Å². The van der Waals surface area contributed by atoms with Crippen molar-refractivity contribution < 1.29 is 0 Å². The van der Waals surface area contributed by atoms with Crippen LogP contribution < -0.4 is 0 Å². The van der Waals surface area contributed by atoms with Gasteiger partial charge in [-0.15, -0.1) is 0 Å². The van der Waals surface area contributed by atoms with Crippen LogP contribution in [0.3, 0.4) is 0 Å². The van der Waals surface area contributed by atoms with Gasteiger partial charge in [-0.05, 0) is 94.3 Å². The first-order valence-corrected chi connectivity index (χ1v) is 16.6. The van der Waals surface area contributed by atoms with Gasteiger partial charge in [-0.3, -0.25) is 0 Å². The molecule has 7 aromatic rings. The zero-order valence-corrected chi connectivity index (χ0v) is 27.1. The van der Waals surface area contributed by atoms with Crippen molar-refractivity contribution in [2.24, 2.45) is 0 Å². The van der Waals surface area contributed by atoms with E-state index in [1.165, 1.54) is 5.56 Å². The fourth-order valence-electron chi connectivity index (χ4n) is 6.32. The Morgan fingerprint density at radius 1 is 0.490 bits per heavy atom. The highest BCUT2D eigenvalue weighted by Crippen LogP contribution is 2.33. The van der Waals surface area contributed by atoms with E-state index < -0.39 is 0 Å². The van der Waals surface area contributed by atoms with Crippen LogP contribution in [0.4, 0.5) is 0 Å². The van der Waals surface area contributed by atoms with Gasteiger partial charge in [0.1, 0.15) is 0 Å². The Hall–Kier alpha value is -6.44. The lowest BCUT2D eigenvalue weighted by Crippen LogP contribution is -2.03. The highest BCUT2D eigenvalue weighted by atomic mass is 15.0. The summed E-state index contributed by atoms with van der Waals surface area (Å²) in [4.78, 5) is 14.7. The first kappa shape index (κ1) is 29.9. The predicted octanol–water partition coefficient (Wildman–Crippen LogP) is 11.3. The highest BCUT2D eigenvalue weighted by Gasteiger charge is 2.14. The van der Waals surface area contributed by atoms with E-state index in [2.05, 4.69) is 122 Å². The molecule has 0 saturated heterocycles. The van der Waals surface area contributed by atoms with Gasteiger partial charge in [0.05, 0.1) is 11.6 Å². The third-order valence-corrected chi connectivity index (χ3v) is 9.02. The Morgan fingerprint density at radius 3 is 1.69 bits per heavy atom. The fourth-order valence-corrected chi connectivity index (χ4v) is 6.32. The molecule has 0 saturated carbocycles. The average molecular weight is 629 g/mol. The van der Waals surface area contributed by atoms with Crippen molar-refractivity contribution in [1.29, 1.82) is 5.26 Å². The fraction of sp³-hybridized carbons (Fsp3) is 0.0667. The minimum atomic E-state index is 0.648. The Balaban J connectivity index is 1.13. The molecular weight excluding hydrogens is 597 g/mol. The average Bonchev–Trinajstić information content (AvgIpc) is 3.18. The third-order valence-electron chi connectivity index (χ3n) is 9.02. The molecule has 1 heterocycles. The summed E-state index contributed by atoms with van der Waals surface area (Å²) in [6.45, 7) is 2.08. The summed E-state index contributed by atoms with van der Waals surface area (Å²) < 4.78 is 0. The standard InChI is InChI=1S/C45H32N4/c1-30-12-14-33(15-13-30)40-24-31(29-46)25-41(28-40)39-23-19-34-18-22-38(26-42(34)27-39)32-16-20-37(21-17-32)45-48-43(35-8-4-2-5-9-35)47-44(49-45)36-10-6-3-7-11-36/h2,4-6,8-28H,3,7H2,1H3. The van der Waals surface area contributed by atoms with Gasteiger partial charge in [0, 0.05) is 16.7 Å². The van der Waals surface area contributed by atoms with Gasteiger partial charge in [0.15, 0.2) is 17.5 Å². The summed E-state index contributed by atoms with van der Waals surface area (Å²) in [6, 6.07) is 48.5. The second-order valence-electron chi connectivity index (χ2n) is 12.4. The van der Waals surface area contributed by atoms with Crippen LogP contribution in [0.5, 0.6) is 0 Å². The van der Waals surface area contributed by atoms with Crippen molar-refractivity contribution in [1.82, 2.24) is 15.0 Å². The van der Waals surface area contributed by atoms with Crippen LogP contribution in [0.15, 0.2) is 152 Å². The quantitative estimate of drug-likeness (QED) is 0.184. The van der Waals surface area contributed by atoms with Gasteiger partial charge < -0.3 is 0 Å². The van der Waals surface area contributed by atoms with Gasteiger partial charge >= 0.3 is 0 Å². The molecule has 0 atom stereocenters. The van der Waals surface area contributed by atoms with Crippen LogP contribution in [0.2, 0.25) is 0 Å². The van der Waals surface area contributed by atoms with Crippen molar-refractivity contribution in [3.8, 4) is 62.2 Å². The molecule has 0 fully saturated rings. The minimum absolute atomic E-state index is 0.648. The molecule has 0 bridgehead atoms. The number of aryl methyl sites for hydroxylation is 1. The van der Waals surface area contributed by atoms with E-state index in [1.807, 2.05) is 42.5 Å². The van der Waals surface area contributed by atoms with Crippen LogP contribution in [0.25, 0.3) is 72.5 Å². The molecule has 0 radical (unpaired) electrons. The number of hydrogen-bond acceptors (Lipinski definition) is 4. The van der Waals surface area contributed by atoms with Gasteiger partial charge in [-0.2, -0.15) is 5.26 Å². The smallest absolute Gasteiger partial charge is 0.164 e. The topological polar surface area (TPSA) is 62.5 Å². The summed E-state index contributed by atoms with van der Waals surface area (Å²) in [5.74, 6) is 2.02. The highest BCUT2D eigenvalue weighted by molar-refractivity contribution is 5.91. The maximum atomic E-state index is 9.82. The monoisotopic (exact) mass is 628 g/mol. The zero-order valence-electron chi connectivity index (χ0n) is 27.1. The maximum absolute atomic E-state index is 9.82. The molecule has 4 nitrogen and oxygen atoms in total. The lowest BCUT2D eigenvalue weighted by atomic mass is 9.94. The second kappa shape index (κ2) is 13.0. The van der Waals surface area contributed by atoms with Crippen molar-refractivity contribution in [3.63, 3.8) is 0 Å². The first-order valence-electron chi connectivity index (χ1n) is 16.6. The molecule has 232 valence electrons. The summed E-state index contributed by atoms with van der Waals surface area (Å²) in [7, 11) is 0. The summed E-state index contributed by atoms with van der Waals surface area (Å²) >= 11 is 0. The summed E-state index contributed by atoms with van der Waals surface area (Å²) in [5.41, 5.74) is 11.3. The van der Waals surface area contributed by atoms with E-state index in [-0.39, 0.29) is 0 Å². The van der Waals surface area contributed by atoms with Gasteiger partial charge in [0.2, 0.25) is 0 Å². The van der Waals surface area contributed by atoms with Crippen molar-refractivity contribution in [3.05, 3.63) is 169 Å². The Labute approximate surface area is 286 Å². The molecule has 0 amide bonds. The molecule has 4 heteroatoms. The SMILES string of the molecule is Cc1ccc(-c2cc(C#N)cc(-c3ccc4ccc(-c5ccc(-c6nc(C7=CCCC=C7)nc(-c7ccccc7)n6)cc5)cc4c3)c2)cc1. The zero-order chi connectivity index (χ0) is 33.2. The molecule has 8 rings (SSSR count). The summed E-state index contributed by atoms with van der Waals surface area (Å²) in [5, 5.41) is 12.1. The second-order valence-corrected chi connectivity index (χ2v) is 12.4. The number of fused-ring (bicyclic) bond motifs is 1. The lowest BCUT2D eigenvalue weighted by Gasteiger charge is -2.11. The molecule has 0 aliphatic heterocycles. The lowest BCUT2D eigenvalue weighted by molar-refractivity contribution is 1.01. The molecule has 1 aromatic heterocycles. The third kappa shape index (κ3) is 6.31. The van der Waals surface area contributed by atoms with Crippen LogP contribution in [-0.2, 0) is 0 Å². The molecular formula is C45H32N4. The number of allylic oxidation sites excluding steroid dienone is 4. The van der Waals surface area contributed by atoms with Crippen LogP contribution in [0.1, 0.15) is 29.8 Å². The number of rotatable bonds is 6. The molecule has 0 unspecified atom stereocenters. The van der Waals surface area contributed by atoms with Crippen molar-refractivity contribution in [2.45, 2.75) is 19.8 Å². The molecule has 0 N–H and O–H groups in total. The number of hydrogen-bond donors (Lipinski definition) is 0. The Morgan fingerprint density at radius 2 is 1.04 bits per heavy atom. The minimum Gasteiger partial charge on any atom is -0.208 e. The molecule has 1 aliphatic rings. The van der Waals surface area contributed by atoms with E-state index in [9.17, 15) is 5.26 Å². The van der Waals surface area contributed by atoms with Crippen LogP contribution in [0, 0.1) is 18.3 Å². The Bertz CT molecular complexity index is 2430. The van der Waals surface area contributed by atoms with E-state index in [4.69, 9.17) is 15.0 Å². The Kier molecular flexibility index (Phi) is 7.93. The molecule has 0 spiro atoms. The van der Waals surface area contributed by atoms with Crippen molar-refractivity contribution in [2.75, 3.05) is 0 Å². The number of benzene rings is 6. The van der Waals surface area contributed by atoms with Crippen molar-refractivity contribution >= 4 is 16.3 Å². The van der Waals surface area contributed by atoms with Crippen LogP contribution >= 0.6 is 0 Å². The van der Waals surface area contributed by atoms with Gasteiger partial charge in [-0.25, -0.2) is 15.0 Å². The molecule has 6 aromatic carbocycles. The first-order chi connectivity index (χ1) is 24.1. The molecule has 1 aliphatic carbocycles. The normalized spacial score (nSPS) is 12.4. The number of aromatic nitrogens is 3. The largest absolute Gasteiger partial charge is 0.208 e. The van der Waals surface area contributed by atoms with Crippen LogP contribution in [-0.4, -0.2) is 15.0 Å². The maximum Gasteiger partial charge on any atom is 0.164 e. The van der Waals surface area contributed by atoms with E-state index in [0.717, 1.165) is 73.7 Å². The number of nitriles is 1.